The van der Waals surface area contributed by atoms with E-state index in [1.165, 1.54) is 11.1 Å². The normalized spacial score (nSPS) is 10.1. The number of methoxy groups -OCH3 is 1. The summed E-state index contributed by atoms with van der Waals surface area (Å²) in [5.74, 6) is 0.791. The van der Waals surface area contributed by atoms with E-state index < -0.39 is 0 Å². The van der Waals surface area contributed by atoms with Crippen molar-refractivity contribution >= 4 is 6.03 Å². The molecule has 0 radical (unpaired) electrons. The number of carbonyl (C=O) groups is 1. The van der Waals surface area contributed by atoms with Crippen molar-refractivity contribution in [3.05, 3.63) is 65.2 Å². The van der Waals surface area contributed by atoms with Crippen molar-refractivity contribution in [3.8, 4) is 5.75 Å². The molecule has 4 nitrogen and oxygen atoms in total. The van der Waals surface area contributed by atoms with Crippen molar-refractivity contribution in [1.29, 1.82) is 0 Å². The molecular weight excluding hydrogens is 276 g/mol. The Bertz CT molecular complexity index is 626. The van der Waals surface area contributed by atoms with E-state index in [9.17, 15) is 4.79 Å². The van der Waals surface area contributed by atoms with Crippen molar-refractivity contribution in [2.75, 3.05) is 13.7 Å². The lowest BCUT2D eigenvalue weighted by molar-refractivity contribution is 0.240. The van der Waals surface area contributed by atoms with Gasteiger partial charge in [0.05, 0.1) is 7.11 Å². The first-order valence-electron chi connectivity index (χ1n) is 7.37. The molecule has 0 unspecified atom stereocenters. The molecule has 0 aliphatic carbocycles. The largest absolute Gasteiger partial charge is 0.497 e. The summed E-state index contributed by atoms with van der Waals surface area (Å²) in [4.78, 5) is 11.8. The fraction of sp³-hybridized carbons (Fsp3) is 0.278. The topological polar surface area (TPSA) is 50.4 Å². The first-order valence-corrected chi connectivity index (χ1v) is 7.37. The summed E-state index contributed by atoms with van der Waals surface area (Å²) in [5.41, 5.74) is 3.47. The third-order valence-corrected chi connectivity index (χ3v) is 3.37. The predicted molar refractivity (Wildman–Crippen MR) is 88.1 cm³/mol. The lowest BCUT2D eigenvalue weighted by Crippen LogP contribution is -2.36. The summed E-state index contributed by atoms with van der Waals surface area (Å²) >= 11 is 0. The van der Waals surface area contributed by atoms with Crippen molar-refractivity contribution in [1.82, 2.24) is 10.6 Å². The summed E-state index contributed by atoms with van der Waals surface area (Å²) in [6.07, 6.45) is 0.828. The number of carbonyl (C=O) groups excluding carboxylic acids is 1. The van der Waals surface area contributed by atoms with Crippen LogP contribution in [0, 0.1) is 6.92 Å². The molecule has 0 saturated heterocycles. The molecule has 0 heterocycles. The van der Waals surface area contributed by atoms with Crippen LogP contribution in [-0.4, -0.2) is 19.7 Å². The van der Waals surface area contributed by atoms with Crippen LogP contribution in [0.2, 0.25) is 0 Å². The molecule has 2 rings (SSSR count). The molecule has 22 heavy (non-hydrogen) atoms. The summed E-state index contributed by atoms with van der Waals surface area (Å²) in [6, 6.07) is 15.8. The summed E-state index contributed by atoms with van der Waals surface area (Å²) in [5, 5.41) is 5.71. The lowest BCUT2D eigenvalue weighted by atomic mass is 10.1. The van der Waals surface area contributed by atoms with Crippen molar-refractivity contribution in [3.63, 3.8) is 0 Å². The van der Waals surface area contributed by atoms with Gasteiger partial charge in [0, 0.05) is 13.1 Å². The quantitative estimate of drug-likeness (QED) is 0.861. The molecule has 2 amide bonds. The SMILES string of the molecule is COc1cccc(CNC(=O)NCCc2cccc(C)c2)c1. The van der Waals surface area contributed by atoms with Crippen LogP contribution in [0.25, 0.3) is 0 Å². The number of ether oxygens (including phenoxy) is 1. The Morgan fingerprint density at radius 3 is 2.59 bits per heavy atom. The fourth-order valence-corrected chi connectivity index (χ4v) is 2.22. The second-order valence-corrected chi connectivity index (χ2v) is 5.20. The Morgan fingerprint density at radius 2 is 1.82 bits per heavy atom. The highest BCUT2D eigenvalue weighted by atomic mass is 16.5. The highest BCUT2D eigenvalue weighted by Gasteiger charge is 2.01. The van der Waals surface area contributed by atoms with E-state index in [1.54, 1.807) is 7.11 Å². The fourth-order valence-electron chi connectivity index (χ4n) is 2.22. The van der Waals surface area contributed by atoms with Crippen LogP contribution in [0.4, 0.5) is 4.79 Å². The van der Waals surface area contributed by atoms with E-state index in [0.29, 0.717) is 13.1 Å². The molecule has 0 aliphatic rings. The number of benzene rings is 2. The Morgan fingerprint density at radius 1 is 1.05 bits per heavy atom. The van der Waals surface area contributed by atoms with Crippen LogP contribution in [-0.2, 0) is 13.0 Å². The minimum absolute atomic E-state index is 0.157. The zero-order valence-corrected chi connectivity index (χ0v) is 13.1. The van der Waals surface area contributed by atoms with Crippen molar-refractivity contribution < 1.29 is 9.53 Å². The van der Waals surface area contributed by atoms with Crippen LogP contribution < -0.4 is 15.4 Å². The van der Waals surface area contributed by atoms with Crippen LogP contribution >= 0.6 is 0 Å². The minimum Gasteiger partial charge on any atom is -0.497 e. The van der Waals surface area contributed by atoms with Crippen LogP contribution in [0.1, 0.15) is 16.7 Å². The average Bonchev–Trinajstić information content (AvgIpc) is 2.53. The van der Waals surface area contributed by atoms with Gasteiger partial charge in [-0.15, -0.1) is 0 Å². The zero-order chi connectivity index (χ0) is 15.8. The number of amides is 2. The van der Waals surface area contributed by atoms with Gasteiger partial charge in [0.15, 0.2) is 0 Å². The molecule has 0 spiro atoms. The van der Waals surface area contributed by atoms with E-state index >= 15 is 0 Å². The van der Waals surface area contributed by atoms with Gasteiger partial charge in [-0.1, -0.05) is 42.0 Å². The number of hydrogen-bond donors (Lipinski definition) is 2. The van der Waals surface area contributed by atoms with Crippen molar-refractivity contribution in [2.45, 2.75) is 19.9 Å². The van der Waals surface area contributed by atoms with Gasteiger partial charge >= 0.3 is 6.03 Å². The number of nitrogens with one attached hydrogen (secondary N) is 2. The molecule has 116 valence electrons. The maximum Gasteiger partial charge on any atom is 0.315 e. The van der Waals surface area contributed by atoms with Gasteiger partial charge in [-0.25, -0.2) is 4.79 Å². The zero-order valence-electron chi connectivity index (χ0n) is 13.1. The van der Waals surface area contributed by atoms with Gasteiger partial charge in [-0.2, -0.15) is 0 Å². The Labute approximate surface area is 131 Å². The maximum absolute atomic E-state index is 11.8. The van der Waals surface area contributed by atoms with E-state index in [4.69, 9.17) is 4.74 Å². The third-order valence-electron chi connectivity index (χ3n) is 3.37. The number of aryl methyl sites for hydroxylation is 1. The Kier molecular flexibility index (Phi) is 5.83. The number of rotatable bonds is 6. The van der Waals surface area contributed by atoms with E-state index in [-0.39, 0.29) is 6.03 Å². The van der Waals surface area contributed by atoms with Crippen molar-refractivity contribution in [2.24, 2.45) is 0 Å². The Hall–Kier alpha value is -2.49. The molecule has 0 saturated carbocycles. The predicted octanol–water partition coefficient (Wildman–Crippen LogP) is 3.05. The molecule has 0 aromatic heterocycles. The van der Waals surface area contributed by atoms with Gasteiger partial charge in [-0.05, 0) is 36.6 Å². The van der Waals surface area contributed by atoms with Crippen LogP contribution in [0.15, 0.2) is 48.5 Å². The van der Waals surface area contributed by atoms with Gasteiger partial charge in [0.25, 0.3) is 0 Å². The van der Waals surface area contributed by atoms with Crippen LogP contribution in [0.3, 0.4) is 0 Å². The van der Waals surface area contributed by atoms with Crippen LogP contribution in [0.5, 0.6) is 5.75 Å². The second kappa shape index (κ2) is 8.08. The second-order valence-electron chi connectivity index (χ2n) is 5.20. The first-order chi connectivity index (χ1) is 10.7. The highest BCUT2D eigenvalue weighted by molar-refractivity contribution is 5.73. The molecule has 0 aliphatic heterocycles. The van der Waals surface area contributed by atoms with E-state index in [1.807, 2.05) is 30.3 Å². The Balaban J connectivity index is 1.71. The standard InChI is InChI=1S/C18H22N2O2/c1-14-5-3-6-15(11-14)9-10-19-18(21)20-13-16-7-4-8-17(12-16)22-2/h3-8,11-12H,9-10,13H2,1-2H3,(H2,19,20,21). The van der Waals surface area contributed by atoms with Gasteiger partial charge in [0.2, 0.25) is 0 Å². The molecule has 0 fully saturated rings. The molecule has 0 atom stereocenters. The molecular formula is C18H22N2O2. The molecule has 2 N–H and O–H groups in total. The van der Waals surface area contributed by atoms with Gasteiger partial charge in [-0.3, -0.25) is 0 Å². The first kappa shape index (κ1) is 15.9. The van der Waals surface area contributed by atoms with E-state index in [0.717, 1.165) is 17.7 Å². The van der Waals surface area contributed by atoms with Gasteiger partial charge in [0.1, 0.15) is 5.75 Å². The monoisotopic (exact) mass is 298 g/mol. The number of urea groups is 1. The smallest absolute Gasteiger partial charge is 0.315 e. The molecule has 0 bridgehead atoms. The number of hydrogen-bond acceptors (Lipinski definition) is 2. The minimum atomic E-state index is -0.157. The lowest BCUT2D eigenvalue weighted by Gasteiger charge is -2.09. The summed E-state index contributed by atoms with van der Waals surface area (Å²) in [6.45, 7) is 3.17. The molecule has 2 aromatic rings. The highest BCUT2D eigenvalue weighted by Crippen LogP contribution is 2.12. The molecule has 2 aromatic carbocycles. The third kappa shape index (κ3) is 5.13. The summed E-state index contributed by atoms with van der Waals surface area (Å²) < 4.78 is 5.16. The maximum atomic E-state index is 11.8. The molecule has 4 heteroatoms. The van der Waals surface area contributed by atoms with Gasteiger partial charge < -0.3 is 15.4 Å². The van der Waals surface area contributed by atoms with E-state index in [2.05, 4.69) is 35.8 Å². The average molecular weight is 298 g/mol. The summed E-state index contributed by atoms with van der Waals surface area (Å²) in [7, 11) is 1.63.